The van der Waals surface area contributed by atoms with Crippen LogP contribution in [0.3, 0.4) is 0 Å². The van der Waals surface area contributed by atoms with E-state index in [-0.39, 0.29) is 0 Å². The summed E-state index contributed by atoms with van der Waals surface area (Å²) in [5.41, 5.74) is 4.82. The van der Waals surface area contributed by atoms with E-state index in [0.29, 0.717) is 0 Å². The molecule has 5 rings (SSSR count). The molecule has 1 aliphatic heterocycles. The Balaban J connectivity index is 1.97. The summed E-state index contributed by atoms with van der Waals surface area (Å²) in [7, 11) is 0. The fourth-order valence-corrected chi connectivity index (χ4v) is 2.97. The van der Waals surface area contributed by atoms with Crippen LogP contribution in [0, 0.1) is 0 Å². The highest BCUT2D eigenvalue weighted by molar-refractivity contribution is 5.66. The zero-order valence-electron chi connectivity index (χ0n) is 10.1. The quantitative estimate of drug-likeness (QED) is 0.387. The maximum Gasteiger partial charge on any atom is 0.297 e. The number of imidazole rings is 2. The minimum atomic E-state index is 0.914. The van der Waals surface area contributed by atoms with Gasteiger partial charge in [-0.15, -0.1) is 0 Å². The first kappa shape index (κ1) is 9.27. The van der Waals surface area contributed by atoms with Crippen molar-refractivity contribution in [1.82, 2.24) is 18.8 Å². The lowest BCUT2D eigenvalue weighted by atomic mass is 10.2. The third kappa shape index (κ3) is 1.03. The molecule has 0 aromatic carbocycles. The molecule has 0 amide bonds. The lowest BCUT2D eigenvalue weighted by molar-refractivity contribution is -0.670. The SMILES string of the molecule is c1cc2c(cn1)-c1n3cc4ccncn4c3c[n+]1C2. The molecule has 0 fully saturated rings. The topological polar surface area (TPSA) is 38.5 Å². The van der Waals surface area contributed by atoms with Crippen molar-refractivity contribution in [3.63, 3.8) is 0 Å². The molecule has 0 bridgehead atoms. The van der Waals surface area contributed by atoms with Gasteiger partial charge in [-0.2, -0.15) is 4.40 Å². The predicted octanol–water partition coefficient (Wildman–Crippen LogP) is 1.30. The molecule has 0 saturated carbocycles. The zero-order chi connectivity index (χ0) is 12.4. The molecule has 19 heavy (non-hydrogen) atoms. The van der Waals surface area contributed by atoms with E-state index in [1.807, 2.05) is 31.0 Å². The van der Waals surface area contributed by atoms with Gasteiger partial charge in [-0.3, -0.25) is 9.38 Å². The Morgan fingerprint density at radius 1 is 1.11 bits per heavy atom. The monoisotopic (exact) mass is 248 g/mol. The van der Waals surface area contributed by atoms with Crippen molar-refractivity contribution in [2.45, 2.75) is 6.54 Å². The minimum absolute atomic E-state index is 0.914. The first-order chi connectivity index (χ1) is 9.42. The standard InChI is InChI=1S/C14H10N5/c1-3-15-5-12-10(1)6-17-8-13-18(14(12)17)7-11-2-4-16-9-19(11)13/h1-5,7-9H,6H2/q+1. The summed E-state index contributed by atoms with van der Waals surface area (Å²) < 4.78 is 6.58. The highest BCUT2D eigenvalue weighted by atomic mass is 15.2. The Morgan fingerprint density at radius 3 is 3.05 bits per heavy atom. The van der Waals surface area contributed by atoms with Crippen LogP contribution in [0.15, 0.2) is 49.4 Å². The Bertz CT molecular complexity index is 947. The second-order valence-corrected chi connectivity index (χ2v) is 4.85. The molecule has 0 N–H and O–H groups in total. The molecule has 4 aromatic heterocycles. The lowest BCUT2D eigenvalue weighted by Gasteiger charge is -1.91. The van der Waals surface area contributed by atoms with Crippen molar-refractivity contribution in [3.05, 3.63) is 55.0 Å². The Morgan fingerprint density at radius 2 is 2.05 bits per heavy atom. The molecule has 0 atom stereocenters. The Labute approximate surface area is 108 Å². The van der Waals surface area contributed by atoms with E-state index in [4.69, 9.17) is 0 Å². The van der Waals surface area contributed by atoms with Crippen LogP contribution in [-0.4, -0.2) is 18.8 Å². The zero-order valence-corrected chi connectivity index (χ0v) is 10.1. The number of hydrogen-bond donors (Lipinski definition) is 0. The Kier molecular flexibility index (Phi) is 1.46. The van der Waals surface area contributed by atoms with Crippen LogP contribution in [0.5, 0.6) is 0 Å². The normalized spacial score (nSPS) is 13.1. The fraction of sp³-hybridized carbons (Fsp3) is 0.0714. The summed E-state index contributed by atoms with van der Waals surface area (Å²) in [6, 6.07) is 4.11. The highest BCUT2D eigenvalue weighted by Crippen LogP contribution is 2.27. The van der Waals surface area contributed by atoms with Crippen molar-refractivity contribution in [2.75, 3.05) is 0 Å². The van der Waals surface area contributed by atoms with Crippen LogP contribution in [0.1, 0.15) is 5.56 Å². The molecule has 5 heterocycles. The smallest absolute Gasteiger partial charge is 0.264 e. The van der Waals surface area contributed by atoms with Crippen molar-refractivity contribution in [1.29, 1.82) is 0 Å². The molecular formula is C14H10N5+. The van der Waals surface area contributed by atoms with Gasteiger partial charge in [-0.25, -0.2) is 9.55 Å². The van der Waals surface area contributed by atoms with Crippen LogP contribution in [0.2, 0.25) is 0 Å². The summed E-state index contributed by atoms with van der Waals surface area (Å²) in [6.45, 7) is 0.914. The van der Waals surface area contributed by atoms with Crippen LogP contribution in [0.4, 0.5) is 0 Å². The number of aromatic nitrogens is 5. The van der Waals surface area contributed by atoms with Gasteiger partial charge in [0.15, 0.2) is 6.20 Å². The molecule has 0 unspecified atom stereocenters. The van der Waals surface area contributed by atoms with Crippen molar-refractivity contribution in [3.8, 4) is 11.4 Å². The number of pyridine rings is 1. The van der Waals surface area contributed by atoms with E-state index in [0.717, 1.165) is 17.7 Å². The largest absolute Gasteiger partial charge is 0.297 e. The summed E-state index contributed by atoms with van der Waals surface area (Å²) in [6.07, 6.45) is 11.8. The van der Waals surface area contributed by atoms with Gasteiger partial charge in [0.05, 0.1) is 11.1 Å². The summed E-state index contributed by atoms with van der Waals surface area (Å²) >= 11 is 0. The third-order valence-corrected chi connectivity index (χ3v) is 3.81. The number of nitrogens with zero attached hydrogens (tertiary/aromatic N) is 5. The van der Waals surface area contributed by atoms with Gasteiger partial charge < -0.3 is 0 Å². The molecule has 1 aliphatic rings. The van der Waals surface area contributed by atoms with Crippen molar-refractivity contribution < 1.29 is 4.57 Å². The number of hydrogen-bond acceptors (Lipinski definition) is 2. The second-order valence-electron chi connectivity index (χ2n) is 4.85. The maximum atomic E-state index is 4.25. The van der Waals surface area contributed by atoms with E-state index in [1.165, 1.54) is 17.0 Å². The van der Waals surface area contributed by atoms with E-state index in [2.05, 4.69) is 41.8 Å². The van der Waals surface area contributed by atoms with Crippen LogP contribution in [0.25, 0.3) is 22.6 Å². The molecule has 0 aliphatic carbocycles. The predicted molar refractivity (Wildman–Crippen MR) is 68.7 cm³/mol. The van der Waals surface area contributed by atoms with Gasteiger partial charge in [-0.1, -0.05) is 0 Å². The lowest BCUT2D eigenvalue weighted by Crippen LogP contribution is -2.29. The average Bonchev–Trinajstić information content (AvgIpc) is 3.05. The first-order valence-corrected chi connectivity index (χ1v) is 6.21. The Hall–Kier alpha value is -2.69. The van der Waals surface area contributed by atoms with Crippen molar-refractivity contribution in [2.24, 2.45) is 0 Å². The maximum absolute atomic E-state index is 4.25. The molecular weight excluding hydrogens is 238 g/mol. The van der Waals surface area contributed by atoms with Gasteiger partial charge in [-0.05, 0) is 12.1 Å². The van der Waals surface area contributed by atoms with Gasteiger partial charge >= 0.3 is 0 Å². The third-order valence-electron chi connectivity index (χ3n) is 3.81. The van der Waals surface area contributed by atoms with E-state index in [1.54, 1.807) is 0 Å². The van der Waals surface area contributed by atoms with Crippen LogP contribution < -0.4 is 4.57 Å². The van der Waals surface area contributed by atoms with Crippen molar-refractivity contribution >= 4 is 11.2 Å². The number of rotatable bonds is 0. The van der Waals surface area contributed by atoms with Gasteiger partial charge in [0.1, 0.15) is 19.1 Å². The summed E-state index contributed by atoms with van der Waals surface area (Å²) in [5, 5.41) is 0. The van der Waals surface area contributed by atoms with E-state index >= 15 is 0 Å². The molecule has 5 nitrogen and oxygen atoms in total. The summed E-state index contributed by atoms with van der Waals surface area (Å²) in [5.74, 6) is 1.20. The molecule has 5 heteroatoms. The van der Waals surface area contributed by atoms with E-state index < -0.39 is 0 Å². The highest BCUT2D eigenvalue weighted by Gasteiger charge is 2.31. The average molecular weight is 248 g/mol. The van der Waals surface area contributed by atoms with E-state index in [9.17, 15) is 0 Å². The van der Waals surface area contributed by atoms with Gasteiger partial charge in [0, 0.05) is 24.2 Å². The molecule has 0 radical (unpaired) electrons. The summed E-state index contributed by atoms with van der Waals surface area (Å²) in [4.78, 5) is 8.44. The van der Waals surface area contributed by atoms with Crippen LogP contribution >= 0.6 is 0 Å². The fourth-order valence-electron chi connectivity index (χ4n) is 2.97. The number of fused-ring (bicyclic) bond motifs is 7. The molecule has 0 saturated heterocycles. The molecule has 4 aromatic rings. The molecule has 90 valence electrons. The first-order valence-electron chi connectivity index (χ1n) is 6.21. The van der Waals surface area contributed by atoms with Gasteiger partial charge in [0.2, 0.25) is 0 Å². The van der Waals surface area contributed by atoms with Gasteiger partial charge in [0.25, 0.3) is 11.5 Å². The van der Waals surface area contributed by atoms with Crippen LogP contribution in [-0.2, 0) is 6.54 Å². The second kappa shape index (κ2) is 3.00. The molecule has 0 spiro atoms. The minimum Gasteiger partial charge on any atom is -0.264 e.